The number of carbonyl (C=O) groups excluding carboxylic acids is 1. The molecule has 0 aromatic rings. The van der Waals surface area contributed by atoms with E-state index in [2.05, 4.69) is 17.9 Å². The zero-order valence-corrected chi connectivity index (χ0v) is 9.04. The molecule has 4 heteroatoms. The van der Waals surface area contributed by atoms with E-state index in [9.17, 15) is 4.79 Å². The Hall–Kier alpha value is -0.0900. The van der Waals surface area contributed by atoms with E-state index in [1.807, 2.05) is 0 Å². The fourth-order valence-corrected chi connectivity index (χ4v) is 0.130. The Morgan fingerprint density at radius 1 is 1.73 bits per heavy atom. The van der Waals surface area contributed by atoms with Gasteiger partial charge in [-0.3, -0.25) is 0 Å². The number of rotatable bonds is 2. The van der Waals surface area contributed by atoms with Gasteiger partial charge in [-0.15, -0.1) is 0 Å². The van der Waals surface area contributed by atoms with E-state index >= 15 is 0 Å². The summed E-state index contributed by atoms with van der Waals surface area (Å²) in [7, 11) is 0. The van der Waals surface area contributed by atoms with Crippen molar-refractivity contribution in [1.82, 2.24) is 0 Å². The Bertz CT molecular complexity index is 117. The maximum absolute atomic E-state index is 10.0. The molecule has 3 nitrogen and oxygen atoms in total. The average molecular weight is 168 g/mol. The summed E-state index contributed by atoms with van der Waals surface area (Å²) in [5.74, 6) is -0.477. The average Bonchev–Trinajstić information content (AvgIpc) is 1.90. The van der Waals surface area contributed by atoms with Crippen LogP contribution in [0.2, 0.25) is 0 Å². The van der Waals surface area contributed by atoms with Crippen LogP contribution in [0.4, 0.5) is 0 Å². The minimum Gasteiger partial charge on any atom is -1.00 e. The Labute approximate surface area is 90.5 Å². The van der Waals surface area contributed by atoms with Gasteiger partial charge in [0.05, 0.1) is 6.26 Å². The Kier molecular flexibility index (Phi) is 25.7. The molecule has 0 atom stereocenters. The van der Waals surface area contributed by atoms with E-state index < -0.39 is 5.97 Å². The molecule has 0 unspecified atom stereocenters. The smallest absolute Gasteiger partial charge is 1.00 e. The van der Waals surface area contributed by atoms with Gasteiger partial charge >= 0.3 is 35.5 Å². The molecule has 0 amide bonds. The minimum absolute atomic E-state index is 0. The molecule has 60 valence electrons. The zero-order valence-electron chi connectivity index (χ0n) is 8.04. The van der Waals surface area contributed by atoms with Crippen molar-refractivity contribution < 1.29 is 45.6 Å². The molecule has 0 spiro atoms. The molecule has 0 bridgehead atoms. The van der Waals surface area contributed by atoms with Gasteiger partial charge < -0.3 is 11.3 Å². The quantitative estimate of drug-likeness (QED) is 0.224. The predicted octanol–water partition coefficient (Wildman–Crippen LogP) is -2.03. The standard InChI is InChI=1S/C5H6O2.C2H6O.Na.H/c1-3-5(6)7-4-2;1-2-3;;/h3-4H,1-2H2;3H,2H2,1H3;;/q;;+1;-1. The number of aliphatic hydroxyl groups is 1. The number of carbonyl (C=O) groups is 1. The minimum atomic E-state index is -0.477. The van der Waals surface area contributed by atoms with E-state index in [1.54, 1.807) is 6.92 Å². The molecule has 0 aromatic carbocycles. The fraction of sp³-hybridized carbons (Fsp3) is 0.286. The molecular formula is C7H13NaO3. The second kappa shape index (κ2) is 16.5. The summed E-state index contributed by atoms with van der Waals surface area (Å²) in [5.41, 5.74) is 0. The van der Waals surface area contributed by atoms with Crippen molar-refractivity contribution in [2.45, 2.75) is 6.92 Å². The molecule has 0 aromatic heterocycles. The molecule has 0 heterocycles. The molecule has 0 rings (SSSR count). The van der Waals surface area contributed by atoms with Gasteiger partial charge in [0.2, 0.25) is 0 Å². The SMILES string of the molecule is C=COC(=O)C=C.CCO.[H-].[Na+]. The Morgan fingerprint density at radius 3 is 2.18 bits per heavy atom. The van der Waals surface area contributed by atoms with Crippen LogP contribution in [0.15, 0.2) is 25.5 Å². The molecular weight excluding hydrogens is 155 g/mol. The van der Waals surface area contributed by atoms with Gasteiger partial charge in [-0.05, 0) is 6.92 Å². The van der Waals surface area contributed by atoms with Gasteiger partial charge in [-0.1, -0.05) is 13.2 Å². The maximum Gasteiger partial charge on any atom is 1.00 e. The molecule has 11 heavy (non-hydrogen) atoms. The zero-order chi connectivity index (χ0) is 8.41. The third-order valence-electron chi connectivity index (χ3n) is 0.366. The van der Waals surface area contributed by atoms with Crippen LogP contribution < -0.4 is 29.6 Å². The molecule has 0 aliphatic rings. The summed E-state index contributed by atoms with van der Waals surface area (Å²) in [4.78, 5) is 10.0. The predicted molar refractivity (Wildman–Crippen MR) is 40.4 cm³/mol. The summed E-state index contributed by atoms with van der Waals surface area (Å²) in [6.07, 6.45) is 2.13. The Balaban J connectivity index is -0.0000000569. The summed E-state index contributed by atoms with van der Waals surface area (Å²) in [6.45, 7) is 8.25. The van der Waals surface area contributed by atoms with Crippen LogP contribution in [-0.4, -0.2) is 17.7 Å². The summed E-state index contributed by atoms with van der Waals surface area (Å²) in [6, 6.07) is 0. The maximum atomic E-state index is 10.0. The molecule has 0 fully saturated rings. The van der Waals surface area contributed by atoms with Crippen molar-refractivity contribution in [1.29, 1.82) is 0 Å². The largest absolute Gasteiger partial charge is 1.00 e. The van der Waals surface area contributed by atoms with Crippen molar-refractivity contribution in [3.63, 3.8) is 0 Å². The molecule has 0 radical (unpaired) electrons. The first kappa shape index (κ1) is 17.1. The third-order valence-corrected chi connectivity index (χ3v) is 0.366. The number of hydrogen-bond donors (Lipinski definition) is 1. The van der Waals surface area contributed by atoms with Crippen molar-refractivity contribution in [2.24, 2.45) is 0 Å². The number of ether oxygens (including phenoxy) is 1. The van der Waals surface area contributed by atoms with Crippen LogP contribution in [-0.2, 0) is 9.53 Å². The van der Waals surface area contributed by atoms with Gasteiger partial charge in [0, 0.05) is 12.7 Å². The number of aliphatic hydroxyl groups excluding tert-OH is 1. The molecule has 1 N–H and O–H groups in total. The van der Waals surface area contributed by atoms with E-state index in [0.29, 0.717) is 0 Å². The van der Waals surface area contributed by atoms with Crippen LogP contribution in [0.25, 0.3) is 0 Å². The third kappa shape index (κ3) is 25.7. The van der Waals surface area contributed by atoms with Crippen LogP contribution in [0.3, 0.4) is 0 Å². The molecule has 0 saturated heterocycles. The van der Waals surface area contributed by atoms with Gasteiger partial charge in [-0.2, -0.15) is 0 Å². The van der Waals surface area contributed by atoms with Crippen molar-refractivity contribution in [3.05, 3.63) is 25.5 Å². The van der Waals surface area contributed by atoms with E-state index in [-0.39, 0.29) is 37.6 Å². The first-order valence-electron chi connectivity index (χ1n) is 2.77. The Morgan fingerprint density at radius 2 is 2.09 bits per heavy atom. The van der Waals surface area contributed by atoms with Gasteiger partial charge in [0.15, 0.2) is 0 Å². The molecule has 0 saturated carbocycles. The first-order valence-corrected chi connectivity index (χ1v) is 2.77. The van der Waals surface area contributed by atoms with Crippen molar-refractivity contribution in [2.75, 3.05) is 6.61 Å². The topological polar surface area (TPSA) is 46.5 Å². The van der Waals surface area contributed by atoms with Crippen LogP contribution >= 0.6 is 0 Å². The van der Waals surface area contributed by atoms with E-state index in [4.69, 9.17) is 5.11 Å². The van der Waals surface area contributed by atoms with Crippen molar-refractivity contribution in [3.8, 4) is 0 Å². The monoisotopic (exact) mass is 168 g/mol. The van der Waals surface area contributed by atoms with Crippen LogP contribution in [0, 0.1) is 0 Å². The van der Waals surface area contributed by atoms with E-state index in [1.165, 1.54) is 0 Å². The summed E-state index contributed by atoms with van der Waals surface area (Å²) in [5, 5.41) is 7.57. The second-order valence-electron chi connectivity index (χ2n) is 1.12. The summed E-state index contributed by atoms with van der Waals surface area (Å²) < 4.78 is 4.20. The first-order chi connectivity index (χ1) is 4.72. The van der Waals surface area contributed by atoms with E-state index in [0.717, 1.165) is 12.3 Å². The van der Waals surface area contributed by atoms with Gasteiger partial charge in [0.25, 0.3) is 0 Å². The van der Waals surface area contributed by atoms with Crippen LogP contribution in [0.5, 0.6) is 0 Å². The number of hydrogen-bond acceptors (Lipinski definition) is 3. The number of esters is 1. The molecule has 0 aliphatic heterocycles. The molecule has 0 aliphatic carbocycles. The fourth-order valence-electron chi connectivity index (χ4n) is 0.130. The second-order valence-corrected chi connectivity index (χ2v) is 1.12. The normalized spacial score (nSPS) is 6.00. The summed E-state index contributed by atoms with van der Waals surface area (Å²) >= 11 is 0. The van der Waals surface area contributed by atoms with Crippen LogP contribution in [0.1, 0.15) is 8.35 Å². The van der Waals surface area contributed by atoms with Gasteiger partial charge in [-0.25, -0.2) is 4.79 Å². The van der Waals surface area contributed by atoms with Crippen molar-refractivity contribution >= 4 is 5.97 Å². The van der Waals surface area contributed by atoms with Gasteiger partial charge in [0.1, 0.15) is 0 Å².